The summed E-state index contributed by atoms with van der Waals surface area (Å²) in [5.74, 6) is -0.543. The van der Waals surface area contributed by atoms with E-state index in [0.717, 1.165) is 11.1 Å². The lowest BCUT2D eigenvalue weighted by atomic mass is 10.0. The molecule has 0 bridgehead atoms. The molecule has 2 N–H and O–H groups in total. The molecular weight excluding hydrogens is 380 g/mol. The number of halogens is 1. The number of rotatable bonds is 6. The van der Waals surface area contributed by atoms with Crippen LogP contribution in [0.2, 0.25) is 5.02 Å². The molecule has 0 aliphatic rings. The van der Waals surface area contributed by atoms with Gasteiger partial charge < -0.3 is 10.6 Å². The van der Waals surface area contributed by atoms with Gasteiger partial charge in [0.05, 0.1) is 4.88 Å². The number of anilines is 1. The van der Waals surface area contributed by atoms with E-state index in [1.54, 1.807) is 30.3 Å². The molecule has 6 heteroatoms. The van der Waals surface area contributed by atoms with Crippen molar-refractivity contribution in [1.82, 2.24) is 5.32 Å². The molecule has 0 saturated carbocycles. The van der Waals surface area contributed by atoms with E-state index in [9.17, 15) is 9.59 Å². The maximum absolute atomic E-state index is 12.9. The first-order valence-corrected chi connectivity index (χ1v) is 9.74. The molecular formula is C21H19ClN2O2S. The molecule has 2 aromatic carbocycles. The zero-order chi connectivity index (χ0) is 19.2. The van der Waals surface area contributed by atoms with Crippen LogP contribution in [0.3, 0.4) is 0 Å². The molecule has 3 aromatic rings. The topological polar surface area (TPSA) is 58.2 Å². The second-order valence-electron chi connectivity index (χ2n) is 6.09. The SMILES string of the molecule is Cc1c(Cl)cccc1NC(=O)C(Cc1ccccc1)NC(=O)c1cccs1. The van der Waals surface area contributed by atoms with Gasteiger partial charge in [0, 0.05) is 17.1 Å². The fourth-order valence-electron chi connectivity index (χ4n) is 2.66. The van der Waals surface area contributed by atoms with Gasteiger partial charge in [-0.3, -0.25) is 9.59 Å². The summed E-state index contributed by atoms with van der Waals surface area (Å²) >= 11 is 7.48. The molecule has 1 unspecified atom stereocenters. The van der Waals surface area contributed by atoms with Gasteiger partial charge in [-0.05, 0) is 41.6 Å². The third-order valence-corrected chi connectivity index (χ3v) is 5.45. The predicted octanol–water partition coefficient (Wildman–Crippen LogP) is 4.69. The molecule has 0 spiro atoms. The van der Waals surface area contributed by atoms with Crippen molar-refractivity contribution in [3.05, 3.63) is 87.1 Å². The van der Waals surface area contributed by atoms with Crippen LogP contribution in [0.5, 0.6) is 0 Å². The molecule has 0 aliphatic carbocycles. The average Bonchev–Trinajstić information content (AvgIpc) is 3.20. The molecule has 138 valence electrons. The average molecular weight is 399 g/mol. The van der Waals surface area contributed by atoms with Gasteiger partial charge in [0.1, 0.15) is 6.04 Å². The number of amides is 2. The van der Waals surface area contributed by atoms with Crippen LogP contribution in [0, 0.1) is 6.92 Å². The van der Waals surface area contributed by atoms with Crippen molar-refractivity contribution >= 4 is 40.4 Å². The molecule has 0 aliphatic heterocycles. The first-order chi connectivity index (χ1) is 13.0. The minimum Gasteiger partial charge on any atom is -0.339 e. The Morgan fingerprint density at radius 1 is 1.04 bits per heavy atom. The maximum atomic E-state index is 12.9. The molecule has 3 rings (SSSR count). The Morgan fingerprint density at radius 2 is 1.81 bits per heavy atom. The summed E-state index contributed by atoms with van der Waals surface area (Å²) in [7, 11) is 0. The van der Waals surface area contributed by atoms with Crippen LogP contribution in [0.1, 0.15) is 20.8 Å². The second kappa shape index (κ2) is 8.84. The van der Waals surface area contributed by atoms with Crippen molar-refractivity contribution in [3.8, 4) is 0 Å². The predicted molar refractivity (Wildman–Crippen MR) is 111 cm³/mol. The number of thiophene rings is 1. The van der Waals surface area contributed by atoms with Gasteiger partial charge in [-0.2, -0.15) is 0 Å². The normalized spacial score (nSPS) is 11.6. The van der Waals surface area contributed by atoms with Crippen LogP contribution in [0.15, 0.2) is 66.0 Å². The molecule has 0 saturated heterocycles. The Balaban J connectivity index is 1.80. The van der Waals surface area contributed by atoms with E-state index < -0.39 is 6.04 Å². The van der Waals surface area contributed by atoms with Gasteiger partial charge in [0.15, 0.2) is 0 Å². The van der Waals surface area contributed by atoms with E-state index in [0.29, 0.717) is 22.0 Å². The zero-order valence-electron chi connectivity index (χ0n) is 14.7. The van der Waals surface area contributed by atoms with E-state index in [1.807, 2.05) is 42.6 Å². The van der Waals surface area contributed by atoms with Gasteiger partial charge >= 0.3 is 0 Å². The fourth-order valence-corrected chi connectivity index (χ4v) is 3.46. The monoisotopic (exact) mass is 398 g/mol. The number of nitrogens with one attached hydrogen (secondary N) is 2. The summed E-state index contributed by atoms with van der Waals surface area (Å²) in [6.45, 7) is 1.84. The molecule has 1 heterocycles. The summed E-state index contributed by atoms with van der Waals surface area (Å²) in [6.07, 6.45) is 0.392. The number of carbonyl (C=O) groups excluding carboxylic acids is 2. The number of benzene rings is 2. The van der Waals surface area contributed by atoms with Crippen molar-refractivity contribution in [2.75, 3.05) is 5.32 Å². The molecule has 2 amide bonds. The minimum atomic E-state index is -0.708. The summed E-state index contributed by atoms with van der Waals surface area (Å²) in [4.78, 5) is 26.0. The Hall–Kier alpha value is -2.63. The van der Waals surface area contributed by atoms with E-state index in [4.69, 9.17) is 11.6 Å². The Labute approximate surface area is 167 Å². The maximum Gasteiger partial charge on any atom is 0.262 e. The third kappa shape index (κ3) is 4.96. The first kappa shape index (κ1) is 19.1. The molecule has 1 atom stereocenters. The summed E-state index contributed by atoms with van der Waals surface area (Å²) in [5.41, 5.74) is 2.39. The lowest BCUT2D eigenvalue weighted by Crippen LogP contribution is -2.45. The molecule has 0 fully saturated rings. The van der Waals surface area contributed by atoms with Crippen LogP contribution in [-0.4, -0.2) is 17.9 Å². The summed E-state index contributed by atoms with van der Waals surface area (Å²) in [6, 6.07) is 17.8. The van der Waals surface area contributed by atoms with Crippen LogP contribution in [0.25, 0.3) is 0 Å². The second-order valence-corrected chi connectivity index (χ2v) is 7.45. The third-order valence-electron chi connectivity index (χ3n) is 4.17. The van der Waals surface area contributed by atoms with Crippen molar-refractivity contribution in [3.63, 3.8) is 0 Å². The highest BCUT2D eigenvalue weighted by Crippen LogP contribution is 2.23. The van der Waals surface area contributed by atoms with E-state index in [-0.39, 0.29) is 11.8 Å². The van der Waals surface area contributed by atoms with E-state index >= 15 is 0 Å². The summed E-state index contributed by atoms with van der Waals surface area (Å²) in [5, 5.41) is 8.14. The van der Waals surface area contributed by atoms with Gasteiger partial charge in [-0.25, -0.2) is 0 Å². The molecule has 1 aromatic heterocycles. The van der Waals surface area contributed by atoms with Crippen LogP contribution < -0.4 is 10.6 Å². The van der Waals surface area contributed by atoms with Crippen LogP contribution in [-0.2, 0) is 11.2 Å². The Morgan fingerprint density at radius 3 is 2.52 bits per heavy atom. The Bertz CT molecular complexity index is 927. The van der Waals surface area contributed by atoms with E-state index in [1.165, 1.54) is 11.3 Å². The Kier molecular flexibility index (Phi) is 6.27. The highest BCUT2D eigenvalue weighted by molar-refractivity contribution is 7.12. The van der Waals surface area contributed by atoms with Gasteiger partial charge in [0.25, 0.3) is 5.91 Å². The largest absolute Gasteiger partial charge is 0.339 e. The van der Waals surface area contributed by atoms with Crippen molar-refractivity contribution in [2.24, 2.45) is 0 Å². The quantitative estimate of drug-likeness (QED) is 0.632. The smallest absolute Gasteiger partial charge is 0.262 e. The standard InChI is InChI=1S/C21H19ClN2O2S/c1-14-16(22)9-5-10-17(14)23-20(25)18(13-15-7-3-2-4-8-15)24-21(26)19-11-6-12-27-19/h2-12,18H,13H2,1H3,(H,23,25)(H,24,26). The highest BCUT2D eigenvalue weighted by Gasteiger charge is 2.23. The van der Waals surface area contributed by atoms with Gasteiger partial charge in [0.2, 0.25) is 5.91 Å². The highest BCUT2D eigenvalue weighted by atomic mass is 35.5. The molecule has 4 nitrogen and oxygen atoms in total. The molecule has 27 heavy (non-hydrogen) atoms. The van der Waals surface area contributed by atoms with Crippen molar-refractivity contribution in [2.45, 2.75) is 19.4 Å². The van der Waals surface area contributed by atoms with Crippen LogP contribution >= 0.6 is 22.9 Å². The van der Waals surface area contributed by atoms with Crippen molar-refractivity contribution < 1.29 is 9.59 Å². The van der Waals surface area contributed by atoms with Gasteiger partial charge in [-0.1, -0.05) is 54.1 Å². The molecule has 0 radical (unpaired) electrons. The summed E-state index contributed by atoms with van der Waals surface area (Å²) < 4.78 is 0. The van der Waals surface area contributed by atoms with Crippen LogP contribution in [0.4, 0.5) is 5.69 Å². The first-order valence-electron chi connectivity index (χ1n) is 8.49. The van der Waals surface area contributed by atoms with Crippen molar-refractivity contribution in [1.29, 1.82) is 0 Å². The minimum absolute atomic E-state index is 0.260. The number of hydrogen-bond acceptors (Lipinski definition) is 3. The van der Waals surface area contributed by atoms with Gasteiger partial charge in [-0.15, -0.1) is 11.3 Å². The number of carbonyl (C=O) groups is 2. The zero-order valence-corrected chi connectivity index (χ0v) is 16.3. The number of hydrogen-bond donors (Lipinski definition) is 2. The fraction of sp³-hybridized carbons (Fsp3) is 0.143. The lowest BCUT2D eigenvalue weighted by Gasteiger charge is -2.19. The van der Waals surface area contributed by atoms with E-state index in [2.05, 4.69) is 10.6 Å². The lowest BCUT2D eigenvalue weighted by molar-refractivity contribution is -0.118.